The Labute approximate surface area is 162 Å². The number of ether oxygens (including phenoxy) is 1. The van der Waals surface area contributed by atoms with Crippen LogP contribution in [-0.2, 0) is 24.1 Å². The number of methoxy groups -OCH3 is 1. The van der Waals surface area contributed by atoms with E-state index in [1.165, 1.54) is 18.4 Å². The second kappa shape index (κ2) is 7.42. The maximum absolute atomic E-state index is 12.2. The Balaban J connectivity index is 2.23. The number of rotatable bonds is 5. The number of hydrazine groups is 1. The fourth-order valence-corrected chi connectivity index (χ4v) is 4.99. The Hall–Kier alpha value is -2.22. The van der Waals surface area contributed by atoms with Crippen molar-refractivity contribution in [2.24, 2.45) is 11.3 Å². The molecular weight excluding hydrogens is 364 g/mol. The van der Waals surface area contributed by atoms with Gasteiger partial charge >= 0.3 is 11.9 Å². The Bertz CT molecular complexity index is 902. The summed E-state index contributed by atoms with van der Waals surface area (Å²) in [6, 6.07) is 5.15. The third kappa shape index (κ3) is 3.76. The van der Waals surface area contributed by atoms with Crippen LogP contribution in [0.15, 0.2) is 18.2 Å². The van der Waals surface area contributed by atoms with Gasteiger partial charge in [-0.3, -0.25) is 11.3 Å². The quantitative estimate of drug-likeness (QED) is 0.412. The van der Waals surface area contributed by atoms with E-state index in [1.54, 1.807) is 18.2 Å². The largest absolute Gasteiger partial charge is 0.478 e. The maximum atomic E-state index is 12.2. The van der Waals surface area contributed by atoms with Gasteiger partial charge in [0, 0.05) is 16.3 Å². The zero-order valence-electron chi connectivity index (χ0n) is 15.7. The van der Waals surface area contributed by atoms with Crippen molar-refractivity contribution in [2.75, 3.05) is 7.11 Å². The van der Waals surface area contributed by atoms with E-state index in [2.05, 4.69) is 19.3 Å². The van der Waals surface area contributed by atoms with E-state index in [4.69, 9.17) is 10.6 Å². The average Bonchev–Trinajstić information content (AvgIpc) is 2.99. The summed E-state index contributed by atoms with van der Waals surface area (Å²) in [7, 11) is 1.33. The summed E-state index contributed by atoms with van der Waals surface area (Å²) in [4.78, 5) is 26.0. The van der Waals surface area contributed by atoms with Gasteiger partial charge in [-0.05, 0) is 53.5 Å². The Kier molecular flexibility index (Phi) is 5.37. The highest BCUT2D eigenvalue weighted by atomic mass is 32.1. The van der Waals surface area contributed by atoms with E-state index in [1.807, 2.05) is 0 Å². The second-order valence-electron chi connectivity index (χ2n) is 7.60. The number of carbonyl (C=O) groups is 2. The molecule has 27 heavy (non-hydrogen) atoms. The van der Waals surface area contributed by atoms with Gasteiger partial charge in [0.05, 0.1) is 18.2 Å². The van der Waals surface area contributed by atoms with Crippen LogP contribution in [-0.4, -0.2) is 24.2 Å². The van der Waals surface area contributed by atoms with Crippen LogP contribution in [0.5, 0.6) is 0 Å². The van der Waals surface area contributed by atoms with E-state index in [0.29, 0.717) is 28.1 Å². The van der Waals surface area contributed by atoms with Gasteiger partial charge in [-0.2, -0.15) is 0 Å². The first-order chi connectivity index (χ1) is 12.8. The highest BCUT2D eigenvalue weighted by Gasteiger charge is 2.33. The topological polar surface area (TPSA) is 102 Å². The summed E-state index contributed by atoms with van der Waals surface area (Å²) >= 11 is 1.51. The minimum absolute atomic E-state index is 0.0745. The van der Waals surface area contributed by atoms with Crippen molar-refractivity contribution < 1.29 is 19.4 Å². The van der Waals surface area contributed by atoms with Crippen molar-refractivity contribution in [3.05, 3.63) is 45.3 Å². The van der Waals surface area contributed by atoms with Gasteiger partial charge in [0.25, 0.3) is 0 Å². The third-order valence-electron chi connectivity index (χ3n) is 5.06. The molecular formula is C20H24N2O4S. The standard InChI is InChI=1S/C20H24N2O4S/c1-20(2)7-6-15-14(9-20)16(18(23)24)17(27-15)13-8-11(19(25)26-3)4-5-12(13)10-22-21/h4-5,8,22H,6-7,9-10,21H2,1-3H3,(H,23,24). The molecule has 6 nitrogen and oxygen atoms in total. The highest BCUT2D eigenvalue weighted by molar-refractivity contribution is 7.16. The van der Waals surface area contributed by atoms with E-state index in [0.717, 1.165) is 35.3 Å². The minimum Gasteiger partial charge on any atom is -0.478 e. The van der Waals surface area contributed by atoms with E-state index >= 15 is 0 Å². The maximum Gasteiger partial charge on any atom is 0.337 e. The molecule has 1 aliphatic carbocycles. The Morgan fingerprint density at radius 1 is 1.37 bits per heavy atom. The summed E-state index contributed by atoms with van der Waals surface area (Å²) in [5.74, 6) is 4.12. The van der Waals surface area contributed by atoms with Crippen molar-refractivity contribution in [1.82, 2.24) is 5.43 Å². The number of carbonyl (C=O) groups excluding carboxylic acids is 1. The van der Waals surface area contributed by atoms with Crippen molar-refractivity contribution in [2.45, 2.75) is 39.7 Å². The molecule has 1 aromatic carbocycles. The molecule has 1 aromatic heterocycles. The lowest BCUT2D eigenvalue weighted by Crippen LogP contribution is -2.22. The number of aryl methyl sites for hydroxylation is 1. The van der Waals surface area contributed by atoms with Gasteiger partial charge in [0.1, 0.15) is 0 Å². The van der Waals surface area contributed by atoms with Crippen LogP contribution in [0.4, 0.5) is 0 Å². The lowest BCUT2D eigenvalue weighted by molar-refractivity contribution is 0.0600. The predicted molar refractivity (Wildman–Crippen MR) is 105 cm³/mol. The van der Waals surface area contributed by atoms with Gasteiger partial charge in [-0.1, -0.05) is 19.9 Å². The molecule has 0 atom stereocenters. The fraction of sp³-hybridized carbons (Fsp3) is 0.400. The molecule has 3 rings (SSSR count). The number of hydrogen-bond donors (Lipinski definition) is 3. The zero-order valence-corrected chi connectivity index (χ0v) is 16.5. The molecule has 0 saturated carbocycles. The molecule has 0 unspecified atom stereocenters. The number of carboxylic acids is 1. The molecule has 1 heterocycles. The van der Waals surface area contributed by atoms with Crippen LogP contribution >= 0.6 is 11.3 Å². The summed E-state index contributed by atoms with van der Waals surface area (Å²) < 4.78 is 4.82. The number of nitrogens with two attached hydrogens (primary N) is 1. The SMILES string of the molecule is COC(=O)c1ccc(CNN)c(-c2sc3c(c2C(=O)O)CC(C)(C)CC3)c1. The molecule has 0 amide bonds. The molecule has 0 aliphatic heterocycles. The highest BCUT2D eigenvalue weighted by Crippen LogP contribution is 2.45. The number of benzene rings is 1. The van der Waals surface area contributed by atoms with E-state index < -0.39 is 11.9 Å². The van der Waals surface area contributed by atoms with Crippen LogP contribution < -0.4 is 11.3 Å². The van der Waals surface area contributed by atoms with Gasteiger partial charge in [0.15, 0.2) is 0 Å². The Morgan fingerprint density at radius 2 is 2.11 bits per heavy atom. The molecule has 2 aromatic rings. The van der Waals surface area contributed by atoms with Crippen LogP contribution in [0.3, 0.4) is 0 Å². The van der Waals surface area contributed by atoms with Crippen LogP contribution in [0.2, 0.25) is 0 Å². The first kappa shape index (κ1) is 19.5. The lowest BCUT2D eigenvalue weighted by atomic mass is 9.76. The lowest BCUT2D eigenvalue weighted by Gasteiger charge is -2.29. The van der Waals surface area contributed by atoms with Gasteiger partial charge in [-0.15, -0.1) is 11.3 Å². The predicted octanol–water partition coefficient (Wildman–Crippen LogP) is 3.38. The number of thiophene rings is 1. The zero-order chi connectivity index (χ0) is 19.8. The van der Waals surface area contributed by atoms with Crippen LogP contribution in [0.25, 0.3) is 10.4 Å². The van der Waals surface area contributed by atoms with Crippen molar-refractivity contribution in [3.8, 4) is 10.4 Å². The first-order valence-corrected chi connectivity index (χ1v) is 9.62. The molecule has 0 radical (unpaired) electrons. The van der Waals surface area contributed by atoms with Crippen molar-refractivity contribution in [3.63, 3.8) is 0 Å². The van der Waals surface area contributed by atoms with Gasteiger partial charge < -0.3 is 9.84 Å². The molecule has 0 bridgehead atoms. The smallest absolute Gasteiger partial charge is 0.337 e. The monoisotopic (exact) mass is 388 g/mol. The van der Waals surface area contributed by atoms with Crippen molar-refractivity contribution in [1.29, 1.82) is 0 Å². The number of aromatic carboxylic acids is 1. The molecule has 0 fully saturated rings. The molecule has 1 aliphatic rings. The molecule has 4 N–H and O–H groups in total. The number of esters is 1. The van der Waals surface area contributed by atoms with Crippen molar-refractivity contribution >= 4 is 23.3 Å². The Morgan fingerprint density at radius 3 is 2.74 bits per heavy atom. The number of hydrogen-bond acceptors (Lipinski definition) is 6. The van der Waals surface area contributed by atoms with E-state index in [9.17, 15) is 14.7 Å². The minimum atomic E-state index is -0.935. The fourth-order valence-electron chi connectivity index (χ4n) is 3.63. The number of fused-ring (bicyclic) bond motifs is 1. The van der Waals surface area contributed by atoms with Crippen LogP contribution in [0.1, 0.15) is 57.0 Å². The molecule has 0 spiro atoms. The number of nitrogens with one attached hydrogen (secondary N) is 1. The second-order valence-corrected chi connectivity index (χ2v) is 8.70. The summed E-state index contributed by atoms with van der Waals surface area (Å²) in [5.41, 5.74) is 5.91. The van der Waals surface area contributed by atoms with Gasteiger partial charge in [0.2, 0.25) is 0 Å². The normalized spacial score (nSPS) is 15.3. The summed E-state index contributed by atoms with van der Waals surface area (Å²) in [6.45, 7) is 4.70. The van der Waals surface area contributed by atoms with Crippen LogP contribution in [0, 0.1) is 5.41 Å². The molecule has 7 heteroatoms. The average molecular weight is 388 g/mol. The third-order valence-corrected chi connectivity index (χ3v) is 6.38. The summed E-state index contributed by atoms with van der Waals surface area (Å²) in [6.07, 6.45) is 2.63. The first-order valence-electron chi connectivity index (χ1n) is 8.80. The molecule has 144 valence electrons. The van der Waals surface area contributed by atoms with E-state index in [-0.39, 0.29) is 5.41 Å². The summed E-state index contributed by atoms with van der Waals surface area (Å²) in [5, 5.41) is 9.96. The number of carboxylic acid groups (broad SMARTS) is 1. The van der Waals surface area contributed by atoms with Gasteiger partial charge in [-0.25, -0.2) is 9.59 Å². The molecule has 0 saturated heterocycles.